The van der Waals surface area contributed by atoms with E-state index in [2.05, 4.69) is 181 Å². The van der Waals surface area contributed by atoms with Crippen molar-refractivity contribution >= 4 is 0 Å². The standard InChI is InChI=1S/C52H33N3/c1-2-13-35(14-3-1)49-32-50(55-51(54-49)36-26-24-34(25-27-36)38-15-12-30-53-33-38)37-28-29-48-44(31-37)40-17-5-4-16-39(40)41-18-6-9-21-45(41)52(48)46-22-10-7-19-42(46)43-20-8-11-23-47(43)52/h1-33H. The maximum atomic E-state index is 5.31. The van der Waals surface area contributed by atoms with Gasteiger partial charge in [0.25, 0.3) is 0 Å². The summed E-state index contributed by atoms with van der Waals surface area (Å²) in [5, 5.41) is 0. The predicted octanol–water partition coefficient (Wildman–Crippen LogP) is 12.6. The van der Waals surface area contributed by atoms with E-state index in [4.69, 9.17) is 9.97 Å². The summed E-state index contributed by atoms with van der Waals surface area (Å²) in [5.74, 6) is 0.687. The van der Waals surface area contributed by atoms with Gasteiger partial charge in [0, 0.05) is 29.1 Å². The summed E-state index contributed by atoms with van der Waals surface area (Å²) < 4.78 is 0. The summed E-state index contributed by atoms with van der Waals surface area (Å²) >= 11 is 0. The van der Waals surface area contributed by atoms with Crippen LogP contribution in [0.1, 0.15) is 22.3 Å². The molecule has 2 heterocycles. The van der Waals surface area contributed by atoms with E-state index >= 15 is 0 Å². The monoisotopic (exact) mass is 699 g/mol. The van der Waals surface area contributed by atoms with Gasteiger partial charge < -0.3 is 0 Å². The Balaban J connectivity index is 1.16. The topological polar surface area (TPSA) is 38.7 Å². The highest BCUT2D eigenvalue weighted by Gasteiger charge is 2.49. The molecular formula is C52H33N3. The fourth-order valence-corrected chi connectivity index (χ4v) is 9.04. The van der Waals surface area contributed by atoms with E-state index in [0.29, 0.717) is 5.82 Å². The first-order valence-corrected chi connectivity index (χ1v) is 18.8. The van der Waals surface area contributed by atoms with Crippen molar-refractivity contribution in [3.8, 4) is 78.4 Å². The summed E-state index contributed by atoms with van der Waals surface area (Å²) in [4.78, 5) is 14.8. The van der Waals surface area contributed by atoms with E-state index in [0.717, 1.165) is 39.2 Å². The Hall–Kier alpha value is -7.23. The molecule has 0 fully saturated rings. The summed E-state index contributed by atoms with van der Waals surface area (Å²) in [6.07, 6.45) is 3.69. The molecule has 3 heteroatoms. The first-order chi connectivity index (χ1) is 27.3. The Bertz CT molecular complexity index is 2870. The molecule has 2 aromatic heterocycles. The van der Waals surface area contributed by atoms with Crippen molar-refractivity contribution in [1.82, 2.24) is 15.0 Å². The fraction of sp³-hybridized carbons (Fsp3) is 0.0192. The summed E-state index contributed by atoms with van der Waals surface area (Å²) in [6, 6.07) is 67.9. The van der Waals surface area contributed by atoms with Crippen molar-refractivity contribution in [2.45, 2.75) is 5.41 Å². The van der Waals surface area contributed by atoms with E-state index in [9.17, 15) is 0 Å². The maximum absolute atomic E-state index is 5.31. The number of benzene rings is 7. The third-order valence-electron chi connectivity index (χ3n) is 11.4. The van der Waals surface area contributed by atoms with Crippen LogP contribution in [0.4, 0.5) is 0 Å². The summed E-state index contributed by atoms with van der Waals surface area (Å²) in [6.45, 7) is 0. The van der Waals surface area contributed by atoms with Gasteiger partial charge in [-0.2, -0.15) is 0 Å². The van der Waals surface area contributed by atoms with Crippen LogP contribution in [0.3, 0.4) is 0 Å². The molecule has 0 aliphatic heterocycles. The molecule has 2 aliphatic carbocycles. The van der Waals surface area contributed by atoms with Gasteiger partial charge in [0.2, 0.25) is 0 Å². The molecule has 0 atom stereocenters. The molecule has 0 amide bonds. The van der Waals surface area contributed by atoms with Crippen molar-refractivity contribution in [2.24, 2.45) is 0 Å². The Morgan fingerprint density at radius 2 is 0.782 bits per heavy atom. The van der Waals surface area contributed by atoms with Gasteiger partial charge in [-0.15, -0.1) is 0 Å². The average molecular weight is 700 g/mol. The number of hydrogen-bond donors (Lipinski definition) is 0. The van der Waals surface area contributed by atoms with Crippen LogP contribution in [0.2, 0.25) is 0 Å². The number of nitrogens with zero attached hydrogens (tertiary/aromatic N) is 3. The minimum absolute atomic E-state index is 0.515. The predicted molar refractivity (Wildman–Crippen MR) is 223 cm³/mol. The number of hydrogen-bond acceptors (Lipinski definition) is 3. The number of pyridine rings is 1. The van der Waals surface area contributed by atoms with E-state index < -0.39 is 5.41 Å². The van der Waals surface area contributed by atoms with Crippen LogP contribution >= 0.6 is 0 Å². The second kappa shape index (κ2) is 12.4. The molecule has 0 bridgehead atoms. The molecular weight excluding hydrogens is 667 g/mol. The van der Waals surface area contributed by atoms with E-state index in [-0.39, 0.29) is 0 Å². The van der Waals surface area contributed by atoms with E-state index in [1.165, 1.54) is 55.6 Å². The lowest BCUT2D eigenvalue weighted by atomic mass is 9.66. The maximum Gasteiger partial charge on any atom is 0.160 e. The molecule has 0 radical (unpaired) electrons. The van der Waals surface area contributed by atoms with Crippen molar-refractivity contribution in [2.75, 3.05) is 0 Å². The molecule has 0 N–H and O–H groups in total. The van der Waals surface area contributed by atoms with Crippen molar-refractivity contribution < 1.29 is 0 Å². The highest BCUT2D eigenvalue weighted by Crippen LogP contribution is 2.61. The Kier molecular flexibility index (Phi) is 7.08. The third-order valence-corrected chi connectivity index (χ3v) is 11.4. The second-order valence-electron chi connectivity index (χ2n) is 14.3. The van der Waals surface area contributed by atoms with Gasteiger partial charge in [-0.25, -0.2) is 9.97 Å². The van der Waals surface area contributed by atoms with Gasteiger partial charge in [-0.05, 0) is 85.0 Å². The van der Waals surface area contributed by atoms with Crippen LogP contribution in [0.5, 0.6) is 0 Å². The molecule has 2 aliphatic rings. The van der Waals surface area contributed by atoms with E-state index in [1.807, 2.05) is 18.3 Å². The van der Waals surface area contributed by atoms with Crippen LogP contribution in [0.25, 0.3) is 78.4 Å². The fourth-order valence-electron chi connectivity index (χ4n) is 9.04. The Labute approximate surface area is 320 Å². The molecule has 0 saturated heterocycles. The third kappa shape index (κ3) is 4.80. The minimum Gasteiger partial charge on any atom is -0.264 e. The highest BCUT2D eigenvalue weighted by molar-refractivity contribution is 5.98. The lowest BCUT2D eigenvalue weighted by Crippen LogP contribution is -2.29. The van der Waals surface area contributed by atoms with Gasteiger partial charge in [-0.3, -0.25) is 4.98 Å². The zero-order valence-electron chi connectivity index (χ0n) is 29.9. The van der Waals surface area contributed by atoms with Gasteiger partial charge in [0.15, 0.2) is 5.82 Å². The molecule has 3 nitrogen and oxygen atoms in total. The lowest BCUT2D eigenvalue weighted by molar-refractivity contribution is 0.775. The Morgan fingerprint density at radius 3 is 1.40 bits per heavy atom. The molecule has 0 saturated carbocycles. The zero-order valence-corrected chi connectivity index (χ0v) is 29.9. The quantitative estimate of drug-likeness (QED) is 0.184. The van der Waals surface area contributed by atoms with Crippen LogP contribution in [0, 0.1) is 0 Å². The normalized spacial score (nSPS) is 12.9. The molecule has 256 valence electrons. The van der Waals surface area contributed by atoms with Crippen LogP contribution in [0.15, 0.2) is 200 Å². The largest absolute Gasteiger partial charge is 0.264 e. The number of fused-ring (bicyclic) bond motifs is 12. The Morgan fingerprint density at radius 1 is 0.309 bits per heavy atom. The number of aromatic nitrogens is 3. The minimum atomic E-state index is -0.515. The van der Waals surface area contributed by atoms with E-state index in [1.54, 1.807) is 6.20 Å². The van der Waals surface area contributed by atoms with Gasteiger partial charge in [-0.1, -0.05) is 170 Å². The summed E-state index contributed by atoms with van der Waals surface area (Å²) in [7, 11) is 0. The first kappa shape index (κ1) is 31.3. The van der Waals surface area contributed by atoms with Crippen LogP contribution in [-0.2, 0) is 5.41 Å². The van der Waals surface area contributed by atoms with Gasteiger partial charge in [0.05, 0.1) is 16.8 Å². The van der Waals surface area contributed by atoms with Crippen molar-refractivity contribution in [3.05, 3.63) is 223 Å². The highest BCUT2D eigenvalue weighted by atomic mass is 14.9. The van der Waals surface area contributed by atoms with Crippen molar-refractivity contribution in [3.63, 3.8) is 0 Å². The molecule has 55 heavy (non-hydrogen) atoms. The molecule has 9 aromatic rings. The smallest absolute Gasteiger partial charge is 0.160 e. The number of rotatable bonds is 4. The average Bonchev–Trinajstić information content (AvgIpc) is 3.52. The van der Waals surface area contributed by atoms with Gasteiger partial charge in [0.1, 0.15) is 0 Å². The lowest BCUT2D eigenvalue weighted by Gasteiger charge is -2.35. The molecule has 1 spiro atoms. The SMILES string of the molecule is c1ccc(-c2cc(-c3ccc4c(c3)-c3ccccc3-c3ccccc3C43c4ccccc4-c4ccccc43)nc(-c3ccc(-c4cccnc4)cc3)n2)cc1. The molecule has 7 aromatic carbocycles. The zero-order chi connectivity index (χ0) is 36.3. The summed E-state index contributed by atoms with van der Waals surface area (Å²) in [5.41, 5.74) is 19.2. The van der Waals surface area contributed by atoms with Crippen molar-refractivity contribution in [1.29, 1.82) is 0 Å². The van der Waals surface area contributed by atoms with Crippen LogP contribution in [-0.4, -0.2) is 15.0 Å². The second-order valence-corrected chi connectivity index (χ2v) is 14.3. The first-order valence-electron chi connectivity index (χ1n) is 18.8. The van der Waals surface area contributed by atoms with Crippen LogP contribution < -0.4 is 0 Å². The van der Waals surface area contributed by atoms with Gasteiger partial charge >= 0.3 is 0 Å². The molecule has 11 rings (SSSR count). The molecule has 0 unspecified atom stereocenters.